The van der Waals surface area contributed by atoms with Crippen molar-refractivity contribution in [2.75, 3.05) is 26.3 Å². The van der Waals surface area contributed by atoms with E-state index in [0.717, 1.165) is 54.8 Å². The van der Waals surface area contributed by atoms with Gasteiger partial charge >= 0.3 is 0 Å². The number of nitrogens with one attached hydrogen (secondary N) is 1. The highest BCUT2D eigenvalue weighted by Crippen LogP contribution is 2.37. The van der Waals surface area contributed by atoms with Gasteiger partial charge in [-0.2, -0.15) is 35.1 Å². The van der Waals surface area contributed by atoms with Gasteiger partial charge in [0.2, 0.25) is 6.79 Å². The minimum atomic E-state index is -0.139. The first-order valence-corrected chi connectivity index (χ1v) is 32.1. The van der Waals surface area contributed by atoms with E-state index in [0.29, 0.717) is 23.7 Å². The van der Waals surface area contributed by atoms with Gasteiger partial charge in [0, 0.05) is 57.0 Å². The number of anilines is 1. The Morgan fingerprint density at radius 1 is 0.483 bits per heavy atom. The monoisotopic (exact) mass is 1250 g/mol. The number of methoxy groups -OCH3 is 2. The molecule has 1 N–H and O–H groups in total. The van der Waals surface area contributed by atoms with Crippen LogP contribution in [0.25, 0.3) is 21.7 Å². The maximum absolute atomic E-state index is 5.31. The van der Waals surface area contributed by atoms with E-state index in [-0.39, 0.29) is 38.4 Å². The Labute approximate surface area is 532 Å². The lowest BCUT2D eigenvalue weighted by molar-refractivity contribution is 0.174. The van der Waals surface area contributed by atoms with Crippen LogP contribution >= 0.6 is 34.0 Å². The quantitative estimate of drug-likeness (QED) is 0.177. The molecule has 0 unspecified atom stereocenters. The number of aromatic nitrogens is 11. The second-order valence-corrected chi connectivity index (χ2v) is 31.9. The van der Waals surface area contributed by atoms with E-state index >= 15 is 0 Å². The van der Waals surface area contributed by atoms with Crippen molar-refractivity contribution >= 4 is 50.2 Å². The van der Waals surface area contributed by atoms with Gasteiger partial charge in [-0.1, -0.05) is 119 Å². The number of benzene rings is 3. The summed E-state index contributed by atoms with van der Waals surface area (Å²) in [6, 6.07) is 22.3. The smallest absolute Gasteiger partial charge is 0.231 e. The Morgan fingerprint density at radius 3 is 1.38 bits per heavy atom. The zero-order valence-corrected chi connectivity index (χ0v) is 59.8. The molecule has 3 aromatic carbocycles. The zero-order valence-electron chi connectivity index (χ0n) is 57.4. The van der Waals surface area contributed by atoms with Crippen molar-refractivity contribution in [3.63, 3.8) is 0 Å². The summed E-state index contributed by atoms with van der Waals surface area (Å²) >= 11 is 5.03. The number of hydrogen-bond acceptors (Lipinski definition) is 16. The van der Waals surface area contributed by atoms with Gasteiger partial charge in [0.1, 0.15) is 21.7 Å². The molecule has 10 rings (SSSR count). The molecule has 9 aromatic rings. The lowest BCUT2D eigenvalue weighted by atomic mass is 9.87. The van der Waals surface area contributed by atoms with Crippen LogP contribution in [-0.4, -0.2) is 81.3 Å². The van der Waals surface area contributed by atoms with Gasteiger partial charge < -0.3 is 24.3 Å². The average molecular weight is 1250 g/mol. The number of hydrogen-bond donors (Lipinski definition) is 1. The molecule has 0 radical (unpaired) electrons. The fraction of sp³-hybridized carbons (Fsp3) is 0.529. The predicted molar refractivity (Wildman–Crippen MR) is 365 cm³/mol. The predicted octanol–water partition coefficient (Wildman–Crippen LogP) is 18.1. The van der Waals surface area contributed by atoms with Crippen molar-refractivity contribution in [1.29, 1.82) is 0 Å². The van der Waals surface area contributed by atoms with Crippen LogP contribution in [0.15, 0.2) is 108 Å². The second-order valence-electron chi connectivity index (χ2n) is 29.1. The van der Waals surface area contributed by atoms with Crippen LogP contribution in [-0.2, 0) is 38.3 Å². The molecule has 16 nitrogen and oxygen atoms in total. The summed E-state index contributed by atoms with van der Waals surface area (Å²) in [4.78, 5) is 17.0. The van der Waals surface area contributed by atoms with Gasteiger partial charge in [0.15, 0.2) is 28.1 Å². The van der Waals surface area contributed by atoms with Gasteiger partial charge in [-0.25, -0.2) is 15.0 Å². The highest BCUT2D eigenvalue weighted by Gasteiger charge is 2.23. The summed E-state index contributed by atoms with van der Waals surface area (Å²) in [7, 11) is 3.22. The van der Waals surface area contributed by atoms with Gasteiger partial charge in [-0.15, -0.1) is 34.0 Å². The van der Waals surface area contributed by atoms with Crippen molar-refractivity contribution in [3.8, 4) is 33.7 Å². The molecule has 7 heterocycles. The summed E-state index contributed by atoms with van der Waals surface area (Å²) < 4.78 is 23.0. The molecule has 0 fully saturated rings. The molecular weight excluding hydrogens is 1150 g/mol. The third kappa shape index (κ3) is 24.1. The van der Waals surface area contributed by atoms with E-state index < -0.39 is 0 Å². The molecule has 0 amide bonds. The Kier molecular flexibility index (Phi) is 25.1. The van der Waals surface area contributed by atoms with Crippen LogP contribution in [0.5, 0.6) is 23.0 Å². The largest absolute Gasteiger partial charge is 0.493 e. The number of rotatable bonds is 4. The number of fused-ring (bicyclic) bond motifs is 2. The van der Waals surface area contributed by atoms with Crippen molar-refractivity contribution in [3.05, 3.63) is 135 Å². The topological polar surface area (TPSA) is 167 Å². The number of thiazole rings is 3. The maximum atomic E-state index is 5.31. The van der Waals surface area contributed by atoms with E-state index in [1.165, 1.54) is 11.1 Å². The molecule has 87 heavy (non-hydrogen) atoms. The van der Waals surface area contributed by atoms with Crippen molar-refractivity contribution in [2.45, 2.75) is 217 Å². The normalized spacial score (nSPS) is 12.4. The van der Waals surface area contributed by atoms with E-state index in [1.54, 1.807) is 76.4 Å². The molecule has 0 saturated carbocycles. The third-order valence-corrected chi connectivity index (χ3v) is 14.8. The first-order valence-electron chi connectivity index (χ1n) is 29.4. The summed E-state index contributed by atoms with van der Waals surface area (Å²) in [6.45, 7) is 53.8. The highest BCUT2D eigenvalue weighted by molar-refractivity contribution is 7.14. The number of nitrogens with zero attached hydrogens (tertiary/aromatic N) is 11. The number of ether oxygens (including phenoxy) is 4. The van der Waals surface area contributed by atoms with E-state index in [1.807, 2.05) is 42.1 Å². The summed E-state index contributed by atoms with van der Waals surface area (Å²) in [5.74, 6) is 3.06. The highest BCUT2D eigenvalue weighted by atomic mass is 32.1. The molecular formula is C68H102N12O4S3. The van der Waals surface area contributed by atoms with Crippen LogP contribution in [0.2, 0.25) is 0 Å². The van der Waals surface area contributed by atoms with Crippen LogP contribution in [0.1, 0.15) is 194 Å². The summed E-state index contributed by atoms with van der Waals surface area (Å²) in [5.41, 5.74) is 8.43. The van der Waals surface area contributed by atoms with Crippen LogP contribution < -0.4 is 24.3 Å². The molecule has 0 saturated heterocycles. The summed E-state index contributed by atoms with van der Waals surface area (Å²) in [6.07, 6.45) is 7.14. The summed E-state index contributed by atoms with van der Waals surface area (Å²) in [5, 5.41) is 33.8. The first kappa shape index (κ1) is 72.8. The molecule has 1 aliphatic heterocycles. The van der Waals surface area contributed by atoms with Crippen molar-refractivity contribution < 1.29 is 18.9 Å². The van der Waals surface area contributed by atoms with Crippen LogP contribution in [0.4, 0.5) is 5.13 Å². The van der Waals surface area contributed by atoms with Gasteiger partial charge in [-0.05, 0) is 130 Å². The van der Waals surface area contributed by atoms with Gasteiger partial charge in [0.25, 0.3) is 0 Å². The standard InChI is InChI=1S/C12H17N3O2.C11H14N2S2.C11H20N2S.C11H14O2.C10H14.C7H12N2.C6H11N3/c1-12(2,3)15-13-8-6-10(16-4)11(17-5)7-9(8)14-15;1-7-12-8(5-14-7)10-13-9(6-15-10)11(2,3)4;1-10(2,3)8-7-14-9(12-8)13-11(4,5)6;1-11(2,3)8-4-5-9-10(6-8)13-7-12-9;1-10(2,3)9-7-5-4-6-8-9;1-7(2,3)9-6-4-5-8-9;1-6(2,3)9-7-4-5-8-9/h6-7H,1-5H3;5-6H,1-4H3;7H,1-6H3,(H,12,13);4-6H,7H2,1-3H3;4-8H,1-3H3;4-6H,1-3H3;4-5H,1-3H3. The molecule has 6 aromatic heterocycles. The van der Waals surface area contributed by atoms with E-state index in [4.69, 9.17) is 18.9 Å². The Balaban J connectivity index is 0.000000220. The Bertz CT molecular complexity index is 3350. The molecule has 0 atom stereocenters. The Hall–Kier alpha value is -6.70. The molecule has 0 aliphatic carbocycles. The molecule has 19 heteroatoms. The lowest BCUT2D eigenvalue weighted by Gasteiger charge is -2.20. The molecule has 0 spiro atoms. The average Bonchev–Trinajstić information content (AvgIpc) is 2.80. The van der Waals surface area contributed by atoms with Crippen molar-refractivity contribution in [1.82, 2.24) is 54.7 Å². The molecule has 476 valence electrons. The van der Waals surface area contributed by atoms with Crippen LogP contribution in [0.3, 0.4) is 0 Å². The third-order valence-electron chi connectivity index (χ3n) is 12.4. The molecule has 0 bridgehead atoms. The van der Waals surface area contributed by atoms with Crippen molar-refractivity contribution in [2.24, 2.45) is 0 Å². The fourth-order valence-electron chi connectivity index (χ4n) is 7.27. The van der Waals surface area contributed by atoms with E-state index in [2.05, 4.69) is 271 Å². The van der Waals surface area contributed by atoms with Gasteiger partial charge in [-0.3, -0.25) is 4.68 Å². The Morgan fingerprint density at radius 2 is 1.00 bits per heavy atom. The fourth-order valence-corrected chi connectivity index (χ4v) is 10.1. The lowest BCUT2D eigenvalue weighted by Crippen LogP contribution is -2.26. The first-order chi connectivity index (χ1) is 40.0. The van der Waals surface area contributed by atoms with Gasteiger partial charge in [0.05, 0.1) is 59.6 Å². The van der Waals surface area contributed by atoms with E-state index in [9.17, 15) is 0 Å². The molecule has 1 aliphatic rings. The maximum Gasteiger partial charge on any atom is 0.231 e. The second kappa shape index (κ2) is 30.0. The minimum absolute atomic E-state index is 0.0174. The number of aryl methyl sites for hydroxylation is 1. The SMILES string of the molecule is CC(C)(C)Nc1nc(C(C)(C)C)cs1.CC(C)(C)c1ccc2c(c1)OCO2.CC(C)(C)c1ccccc1.CC(C)(C)n1cccn1.CC(C)(C)n1nccn1.COc1cc2nn(C(C)(C)C)nc2cc1OC.Cc1nc(-c2nc(C(C)(C)C)cs2)cs1. The zero-order chi connectivity index (χ0) is 65.6. The minimum Gasteiger partial charge on any atom is -0.493 e. The van der Waals surface area contributed by atoms with Crippen LogP contribution in [0, 0.1) is 6.92 Å².